The molecule has 1 fully saturated rings. The lowest BCUT2D eigenvalue weighted by molar-refractivity contribution is -0.384. The molecule has 2 N–H and O–H groups in total. The van der Waals surface area contributed by atoms with E-state index in [2.05, 4.69) is 15.9 Å². The van der Waals surface area contributed by atoms with E-state index in [1.54, 1.807) is 12.1 Å². The number of amides is 1. The van der Waals surface area contributed by atoms with E-state index in [0.29, 0.717) is 11.0 Å². The number of nitro benzene ring substituents is 1. The van der Waals surface area contributed by atoms with Crippen LogP contribution in [0.25, 0.3) is 0 Å². The summed E-state index contributed by atoms with van der Waals surface area (Å²) in [5.41, 5.74) is 5.87. The van der Waals surface area contributed by atoms with Gasteiger partial charge in [0, 0.05) is 29.5 Å². The predicted octanol–water partition coefficient (Wildman–Crippen LogP) is 1.42. The molecule has 1 heterocycles. The van der Waals surface area contributed by atoms with Crippen molar-refractivity contribution in [3.63, 3.8) is 0 Å². The molecule has 0 spiro atoms. The Bertz CT molecular complexity index is 492. The normalized spacial score (nSPS) is 19.8. The fourth-order valence-corrected chi connectivity index (χ4v) is 2.44. The first-order valence-corrected chi connectivity index (χ1v) is 5.79. The van der Waals surface area contributed by atoms with Gasteiger partial charge in [0.2, 0.25) is 5.91 Å². The molecular formula is C10H10BrN3O3. The fourth-order valence-electron chi connectivity index (χ4n) is 1.87. The second-order valence-electron chi connectivity index (χ2n) is 3.83. The smallest absolute Gasteiger partial charge is 0.294 e. The fraction of sp³-hybridized carbons (Fsp3) is 0.300. The SMILES string of the molecule is NC1CC(=O)N(c2c(Br)cccc2[N+](=O)[O-])C1. The van der Waals surface area contributed by atoms with E-state index in [1.807, 2.05) is 0 Å². The molecule has 90 valence electrons. The van der Waals surface area contributed by atoms with Crippen molar-refractivity contribution in [2.24, 2.45) is 5.73 Å². The number of hydrogen-bond acceptors (Lipinski definition) is 4. The average Bonchev–Trinajstić information content (AvgIpc) is 2.57. The Labute approximate surface area is 106 Å². The number of carbonyl (C=O) groups excluding carboxylic acids is 1. The topological polar surface area (TPSA) is 89.5 Å². The van der Waals surface area contributed by atoms with E-state index < -0.39 is 4.92 Å². The number of rotatable bonds is 2. The average molecular weight is 300 g/mol. The van der Waals surface area contributed by atoms with Gasteiger partial charge in [0.1, 0.15) is 5.69 Å². The highest BCUT2D eigenvalue weighted by atomic mass is 79.9. The van der Waals surface area contributed by atoms with Crippen molar-refractivity contribution in [1.82, 2.24) is 0 Å². The van der Waals surface area contributed by atoms with E-state index in [9.17, 15) is 14.9 Å². The van der Waals surface area contributed by atoms with Gasteiger partial charge in [-0.25, -0.2) is 0 Å². The molecule has 1 aromatic rings. The molecule has 0 aromatic heterocycles. The van der Waals surface area contributed by atoms with Crippen molar-refractivity contribution in [3.05, 3.63) is 32.8 Å². The van der Waals surface area contributed by atoms with Crippen molar-refractivity contribution >= 4 is 33.2 Å². The number of hydrogen-bond donors (Lipinski definition) is 1. The van der Waals surface area contributed by atoms with Crippen LogP contribution in [0, 0.1) is 10.1 Å². The summed E-state index contributed by atoms with van der Waals surface area (Å²) in [6.07, 6.45) is 0.221. The minimum absolute atomic E-state index is 0.0955. The highest BCUT2D eigenvalue weighted by molar-refractivity contribution is 9.10. The molecular weight excluding hydrogens is 290 g/mol. The first kappa shape index (κ1) is 12.0. The van der Waals surface area contributed by atoms with Gasteiger partial charge in [0.25, 0.3) is 5.69 Å². The molecule has 0 aliphatic carbocycles. The second kappa shape index (κ2) is 4.42. The van der Waals surface area contributed by atoms with Crippen LogP contribution in [0.1, 0.15) is 6.42 Å². The molecule has 7 heteroatoms. The first-order chi connectivity index (χ1) is 8.00. The standard InChI is InChI=1S/C10H10BrN3O3/c11-7-2-1-3-8(14(16)17)10(7)13-5-6(12)4-9(13)15/h1-3,6H,4-5,12H2. The molecule has 1 amide bonds. The van der Waals surface area contributed by atoms with Gasteiger partial charge < -0.3 is 10.6 Å². The summed E-state index contributed by atoms with van der Waals surface area (Å²) in [7, 11) is 0. The Morgan fingerprint density at radius 1 is 1.53 bits per heavy atom. The molecule has 2 rings (SSSR count). The Balaban J connectivity index is 2.51. The van der Waals surface area contributed by atoms with Gasteiger partial charge >= 0.3 is 0 Å². The van der Waals surface area contributed by atoms with Crippen molar-refractivity contribution in [2.45, 2.75) is 12.5 Å². The maximum absolute atomic E-state index is 11.7. The van der Waals surface area contributed by atoms with Crippen LogP contribution in [0.3, 0.4) is 0 Å². The van der Waals surface area contributed by atoms with Crippen molar-refractivity contribution < 1.29 is 9.72 Å². The van der Waals surface area contributed by atoms with Gasteiger partial charge in [-0.2, -0.15) is 0 Å². The number of para-hydroxylation sites is 1. The van der Waals surface area contributed by atoms with Gasteiger partial charge in [0.05, 0.1) is 4.92 Å². The third-order valence-electron chi connectivity index (χ3n) is 2.59. The quantitative estimate of drug-likeness (QED) is 0.660. The number of nitrogens with zero attached hydrogens (tertiary/aromatic N) is 2. The van der Waals surface area contributed by atoms with Gasteiger partial charge in [0.15, 0.2) is 0 Å². The molecule has 1 aromatic carbocycles. The van der Waals surface area contributed by atoms with Gasteiger partial charge in [-0.15, -0.1) is 0 Å². The van der Waals surface area contributed by atoms with Gasteiger partial charge in [-0.05, 0) is 22.0 Å². The van der Waals surface area contributed by atoms with E-state index in [-0.39, 0.29) is 29.7 Å². The lowest BCUT2D eigenvalue weighted by atomic mass is 10.2. The van der Waals surface area contributed by atoms with Crippen LogP contribution in [0.15, 0.2) is 22.7 Å². The molecule has 1 atom stereocenters. The van der Waals surface area contributed by atoms with Crippen LogP contribution in [-0.2, 0) is 4.79 Å². The minimum atomic E-state index is -0.503. The maximum atomic E-state index is 11.7. The summed E-state index contributed by atoms with van der Waals surface area (Å²) >= 11 is 3.23. The van der Waals surface area contributed by atoms with E-state index in [1.165, 1.54) is 11.0 Å². The monoisotopic (exact) mass is 299 g/mol. The molecule has 17 heavy (non-hydrogen) atoms. The number of nitro groups is 1. The Hall–Kier alpha value is -1.47. The van der Waals surface area contributed by atoms with E-state index in [4.69, 9.17) is 5.73 Å². The summed E-state index contributed by atoms with van der Waals surface area (Å²) in [5, 5.41) is 10.9. The van der Waals surface area contributed by atoms with Crippen LogP contribution in [0.2, 0.25) is 0 Å². The van der Waals surface area contributed by atoms with Gasteiger partial charge in [-0.3, -0.25) is 14.9 Å². The van der Waals surface area contributed by atoms with Crippen LogP contribution < -0.4 is 10.6 Å². The number of carbonyl (C=O) groups is 1. The number of nitrogens with two attached hydrogens (primary N) is 1. The lowest BCUT2D eigenvalue weighted by Crippen LogP contribution is -2.28. The highest BCUT2D eigenvalue weighted by Crippen LogP contribution is 2.37. The van der Waals surface area contributed by atoms with Crippen molar-refractivity contribution in [3.8, 4) is 0 Å². The molecule has 6 nitrogen and oxygen atoms in total. The number of benzene rings is 1. The van der Waals surface area contributed by atoms with Crippen LogP contribution in [0.4, 0.5) is 11.4 Å². The Morgan fingerprint density at radius 2 is 2.24 bits per heavy atom. The van der Waals surface area contributed by atoms with Crippen molar-refractivity contribution in [1.29, 1.82) is 0 Å². The zero-order chi connectivity index (χ0) is 12.6. The Kier molecular flexibility index (Phi) is 3.12. The van der Waals surface area contributed by atoms with E-state index in [0.717, 1.165) is 0 Å². The van der Waals surface area contributed by atoms with Crippen molar-refractivity contribution in [2.75, 3.05) is 11.4 Å². The molecule has 1 aliphatic heterocycles. The minimum Gasteiger partial charge on any atom is -0.326 e. The largest absolute Gasteiger partial charge is 0.326 e. The molecule has 1 aliphatic rings. The third-order valence-corrected chi connectivity index (χ3v) is 3.23. The molecule has 0 saturated carbocycles. The maximum Gasteiger partial charge on any atom is 0.294 e. The summed E-state index contributed by atoms with van der Waals surface area (Å²) in [6.45, 7) is 0.308. The van der Waals surface area contributed by atoms with Crippen LogP contribution in [-0.4, -0.2) is 23.4 Å². The highest BCUT2D eigenvalue weighted by Gasteiger charge is 2.33. The zero-order valence-electron chi connectivity index (χ0n) is 8.80. The van der Waals surface area contributed by atoms with E-state index >= 15 is 0 Å². The first-order valence-electron chi connectivity index (χ1n) is 4.99. The van der Waals surface area contributed by atoms with Gasteiger partial charge in [-0.1, -0.05) is 6.07 Å². The Morgan fingerprint density at radius 3 is 2.76 bits per heavy atom. The summed E-state index contributed by atoms with van der Waals surface area (Å²) in [6, 6.07) is 4.33. The summed E-state index contributed by atoms with van der Waals surface area (Å²) in [4.78, 5) is 23.5. The molecule has 1 saturated heterocycles. The van der Waals surface area contributed by atoms with Crippen LogP contribution >= 0.6 is 15.9 Å². The molecule has 1 unspecified atom stereocenters. The second-order valence-corrected chi connectivity index (χ2v) is 4.69. The summed E-state index contributed by atoms with van der Waals surface area (Å²) in [5.74, 6) is -0.187. The van der Waals surface area contributed by atoms with Crippen LogP contribution in [0.5, 0.6) is 0 Å². The zero-order valence-corrected chi connectivity index (χ0v) is 10.4. The third kappa shape index (κ3) is 2.16. The molecule has 0 radical (unpaired) electrons. The lowest BCUT2D eigenvalue weighted by Gasteiger charge is -2.17. The summed E-state index contributed by atoms with van der Waals surface area (Å²) < 4.78 is 0.522. The predicted molar refractivity (Wildman–Crippen MR) is 65.7 cm³/mol. The number of halogens is 1. The molecule has 0 bridgehead atoms. The number of anilines is 1.